The van der Waals surface area contributed by atoms with Crippen molar-refractivity contribution < 1.29 is 28.7 Å². The van der Waals surface area contributed by atoms with Crippen LogP contribution in [0.5, 0.6) is 0 Å². The van der Waals surface area contributed by atoms with E-state index in [4.69, 9.17) is 9.47 Å². The van der Waals surface area contributed by atoms with Crippen LogP contribution in [0, 0.1) is 5.92 Å². The lowest BCUT2D eigenvalue weighted by atomic mass is 9.99. The summed E-state index contributed by atoms with van der Waals surface area (Å²) in [5, 5.41) is 4.55. The van der Waals surface area contributed by atoms with Gasteiger partial charge in [0.15, 0.2) is 6.10 Å². The van der Waals surface area contributed by atoms with Crippen LogP contribution < -0.4 is 10.6 Å². The van der Waals surface area contributed by atoms with Gasteiger partial charge in [0.25, 0.3) is 5.91 Å². The molecule has 1 saturated heterocycles. The Kier molecular flexibility index (Phi) is 6.71. The van der Waals surface area contributed by atoms with E-state index >= 15 is 0 Å². The fourth-order valence-corrected chi connectivity index (χ4v) is 2.40. The molecular weight excluding hydrogens is 340 g/mol. The van der Waals surface area contributed by atoms with E-state index in [9.17, 15) is 19.2 Å². The molecule has 1 fully saturated rings. The molecule has 8 nitrogen and oxygen atoms in total. The van der Waals surface area contributed by atoms with Crippen molar-refractivity contribution in [2.24, 2.45) is 5.92 Å². The van der Waals surface area contributed by atoms with Crippen molar-refractivity contribution in [2.75, 3.05) is 0 Å². The SMILES string of the molecule is CC[C@H](C)[C@H](NC(=O)OCc1ccccc1)C(=O)O[C@@H]1CC(=O)NC1=O. The van der Waals surface area contributed by atoms with Crippen LogP contribution >= 0.6 is 0 Å². The number of amides is 3. The molecule has 0 spiro atoms. The first-order chi connectivity index (χ1) is 12.4. The molecule has 0 radical (unpaired) electrons. The second-order valence-corrected chi connectivity index (χ2v) is 6.11. The van der Waals surface area contributed by atoms with Crippen LogP contribution in [0.15, 0.2) is 30.3 Å². The summed E-state index contributed by atoms with van der Waals surface area (Å²) in [5.74, 6) is -2.17. The van der Waals surface area contributed by atoms with Gasteiger partial charge in [0.2, 0.25) is 5.91 Å². The summed E-state index contributed by atoms with van der Waals surface area (Å²) in [6, 6.07) is 8.13. The first-order valence-electron chi connectivity index (χ1n) is 8.42. The van der Waals surface area contributed by atoms with Gasteiger partial charge in [-0.2, -0.15) is 0 Å². The Morgan fingerprint density at radius 1 is 1.27 bits per heavy atom. The largest absolute Gasteiger partial charge is 0.450 e. The minimum atomic E-state index is -1.16. The van der Waals surface area contributed by atoms with Crippen LogP contribution in [-0.2, 0) is 30.5 Å². The normalized spacial score (nSPS) is 18.6. The number of benzene rings is 1. The van der Waals surface area contributed by atoms with E-state index in [2.05, 4.69) is 10.6 Å². The topological polar surface area (TPSA) is 111 Å². The second-order valence-electron chi connectivity index (χ2n) is 6.11. The standard InChI is InChI=1S/C18H22N2O6/c1-3-11(2)15(17(23)26-13-9-14(21)19-16(13)22)20-18(24)25-10-12-7-5-4-6-8-12/h4-8,11,13,15H,3,9-10H2,1-2H3,(H,20,24)(H,19,21,22)/t11-,13+,15-/m0/s1. The van der Waals surface area contributed by atoms with Gasteiger partial charge < -0.3 is 14.8 Å². The molecule has 2 rings (SSSR count). The van der Waals surface area contributed by atoms with E-state index in [0.29, 0.717) is 6.42 Å². The van der Waals surface area contributed by atoms with Crippen LogP contribution in [0.1, 0.15) is 32.3 Å². The number of carbonyl (C=O) groups excluding carboxylic acids is 4. The van der Waals surface area contributed by atoms with Gasteiger partial charge in [-0.1, -0.05) is 50.6 Å². The van der Waals surface area contributed by atoms with Gasteiger partial charge in [0.05, 0.1) is 6.42 Å². The lowest BCUT2D eigenvalue weighted by Crippen LogP contribution is -2.47. The van der Waals surface area contributed by atoms with Crippen molar-refractivity contribution in [1.82, 2.24) is 10.6 Å². The first-order valence-corrected chi connectivity index (χ1v) is 8.42. The van der Waals surface area contributed by atoms with Crippen molar-refractivity contribution in [2.45, 2.75) is 45.4 Å². The summed E-state index contributed by atoms with van der Waals surface area (Å²) in [6.45, 7) is 3.69. The molecule has 1 aliphatic heterocycles. The highest BCUT2D eigenvalue weighted by Crippen LogP contribution is 2.14. The van der Waals surface area contributed by atoms with E-state index in [0.717, 1.165) is 5.56 Å². The summed E-state index contributed by atoms with van der Waals surface area (Å²) in [5.41, 5.74) is 0.812. The van der Waals surface area contributed by atoms with E-state index < -0.39 is 36.0 Å². The van der Waals surface area contributed by atoms with E-state index in [-0.39, 0.29) is 18.9 Å². The van der Waals surface area contributed by atoms with Crippen LogP contribution in [0.2, 0.25) is 0 Å². The molecule has 26 heavy (non-hydrogen) atoms. The minimum absolute atomic E-state index is 0.0640. The molecule has 0 bridgehead atoms. The number of rotatable bonds is 7. The molecule has 3 atom stereocenters. The maximum absolute atomic E-state index is 12.4. The van der Waals surface area contributed by atoms with Gasteiger partial charge in [0.1, 0.15) is 12.6 Å². The van der Waals surface area contributed by atoms with Crippen molar-refractivity contribution >= 4 is 23.9 Å². The Morgan fingerprint density at radius 3 is 2.54 bits per heavy atom. The summed E-state index contributed by atoms with van der Waals surface area (Å²) >= 11 is 0. The zero-order chi connectivity index (χ0) is 19.1. The molecule has 1 aromatic rings. The molecule has 1 aromatic carbocycles. The molecule has 3 amide bonds. The molecule has 8 heteroatoms. The molecule has 0 saturated carbocycles. The van der Waals surface area contributed by atoms with Crippen molar-refractivity contribution in [3.05, 3.63) is 35.9 Å². The van der Waals surface area contributed by atoms with Gasteiger partial charge in [-0.3, -0.25) is 14.9 Å². The summed E-state index contributed by atoms with van der Waals surface area (Å²) < 4.78 is 10.2. The Labute approximate surface area is 151 Å². The Balaban J connectivity index is 1.93. The number of alkyl carbamates (subject to hydrolysis) is 1. The predicted molar refractivity (Wildman–Crippen MR) is 90.7 cm³/mol. The van der Waals surface area contributed by atoms with Crippen LogP contribution in [0.25, 0.3) is 0 Å². The van der Waals surface area contributed by atoms with E-state index in [1.807, 2.05) is 37.3 Å². The smallest absolute Gasteiger partial charge is 0.408 e. The molecule has 2 N–H and O–H groups in total. The number of carbonyl (C=O) groups is 4. The fourth-order valence-electron chi connectivity index (χ4n) is 2.40. The number of ether oxygens (including phenoxy) is 2. The maximum atomic E-state index is 12.4. The van der Waals surface area contributed by atoms with Crippen molar-refractivity contribution in [1.29, 1.82) is 0 Å². The summed E-state index contributed by atoms with van der Waals surface area (Å²) in [6.07, 6.45) is -1.54. The zero-order valence-electron chi connectivity index (χ0n) is 14.7. The molecule has 0 unspecified atom stereocenters. The highest BCUT2D eigenvalue weighted by Gasteiger charge is 2.37. The number of hydrogen-bond donors (Lipinski definition) is 2. The third-order valence-electron chi connectivity index (χ3n) is 4.14. The molecular formula is C18H22N2O6. The van der Waals surface area contributed by atoms with E-state index in [1.165, 1.54) is 0 Å². The lowest BCUT2D eigenvalue weighted by Gasteiger charge is -2.23. The molecule has 0 aromatic heterocycles. The Morgan fingerprint density at radius 2 is 1.96 bits per heavy atom. The highest BCUT2D eigenvalue weighted by molar-refractivity contribution is 6.05. The van der Waals surface area contributed by atoms with Gasteiger partial charge >= 0.3 is 12.1 Å². The van der Waals surface area contributed by atoms with Crippen molar-refractivity contribution in [3.63, 3.8) is 0 Å². The number of esters is 1. The first kappa shape index (κ1) is 19.4. The van der Waals surface area contributed by atoms with Crippen LogP contribution in [0.3, 0.4) is 0 Å². The van der Waals surface area contributed by atoms with Gasteiger partial charge in [-0.25, -0.2) is 9.59 Å². The molecule has 140 valence electrons. The van der Waals surface area contributed by atoms with Gasteiger partial charge in [-0.15, -0.1) is 0 Å². The van der Waals surface area contributed by atoms with Crippen LogP contribution in [-0.4, -0.2) is 36.0 Å². The van der Waals surface area contributed by atoms with Gasteiger partial charge in [-0.05, 0) is 11.5 Å². The summed E-state index contributed by atoms with van der Waals surface area (Å²) in [4.78, 5) is 47.1. The molecule has 1 heterocycles. The van der Waals surface area contributed by atoms with Gasteiger partial charge in [0, 0.05) is 0 Å². The van der Waals surface area contributed by atoms with E-state index in [1.54, 1.807) is 6.92 Å². The quantitative estimate of drug-likeness (QED) is 0.558. The Bertz CT molecular complexity index is 676. The maximum Gasteiger partial charge on any atom is 0.408 e. The van der Waals surface area contributed by atoms with Crippen LogP contribution in [0.4, 0.5) is 4.79 Å². The highest BCUT2D eigenvalue weighted by atomic mass is 16.6. The third kappa shape index (κ3) is 5.30. The fraction of sp³-hybridized carbons (Fsp3) is 0.444. The summed E-state index contributed by atoms with van der Waals surface area (Å²) in [7, 11) is 0. The lowest BCUT2D eigenvalue weighted by molar-refractivity contribution is -0.157. The molecule has 1 aliphatic rings. The second kappa shape index (κ2) is 8.98. The average Bonchev–Trinajstić information content (AvgIpc) is 2.95. The predicted octanol–water partition coefficient (Wildman–Crippen LogP) is 1.29. The molecule has 0 aliphatic carbocycles. The third-order valence-corrected chi connectivity index (χ3v) is 4.14. The Hall–Kier alpha value is -2.90. The van der Waals surface area contributed by atoms with Crippen molar-refractivity contribution in [3.8, 4) is 0 Å². The average molecular weight is 362 g/mol. The minimum Gasteiger partial charge on any atom is -0.450 e. The number of nitrogens with one attached hydrogen (secondary N) is 2. The number of imide groups is 1. The zero-order valence-corrected chi connectivity index (χ0v) is 14.7. The number of hydrogen-bond acceptors (Lipinski definition) is 6. The monoisotopic (exact) mass is 362 g/mol.